The minimum atomic E-state index is -3.60. The third-order valence-electron chi connectivity index (χ3n) is 2.34. The number of nitrogen functional groups attached to an aromatic ring is 1. The van der Waals surface area contributed by atoms with Crippen molar-refractivity contribution in [1.29, 1.82) is 0 Å². The molecule has 1 aromatic carbocycles. The summed E-state index contributed by atoms with van der Waals surface area (Å²) in [6, 6.07) is 1.63. The first-order chi connectivity index (χ1) is 9.24. The summed E-state index contributed by atoms with van der Waals surface area (Å²) >= 11 is 0. The summed E-state index contributed by atoms with van der Waals surface area (Å²) < 4.78 is 48.0. The van der Waals surface area contributed by atoms with E-state index in [1.807, 2.05) is 5.43 Å². The molecule has 6 N–H and O–H groups in total. The fraction of sp³-hybridized carbons (Fsp3) is 0.300. The van der Waals surface area contributed by atoms with Crippen molar-refractivity contribution in [1.82, 2.24) is 5.32 Å². The van der Waals surface area contributed by atoms with Crippen molar-refractivity contribution in [2.24, 2.45) is 11.0 Å². The largest absolute Gasteiger partial charge is 0.352 e. The van der Waals surface area contributed by atoms with Crippen LogP contribution in [-0.4, -0.2) is 26.6 Å². The third kappa shape index (κ3) is 4.72. The van der Waals surface area contributed by atoms with Crippen LogP contribution in [-0.2, 0) is 10.0 Å². The first-order valence-electron chi connectivity index (χ1n) is 5.49. The number of primary sulfonamides is 1. The number of carbonyl (C=O) groups excluding carboxylic acids is 1. The zero-order chi connectivity index (χ0) is 15.3. The highest BCUT2D eigenvalue weighted by Crippen LogP contribution is 2.19. The Bertz CT molecular complexity index is 584. The molecule has 0 atom stereocenters. The lowest BCUT2D eigenvalue weighted by Gasteiger charge is -2.08. The van der Waals surface area contributed by atoms with Crippen molar-refractivity contribution < 1.29 is 22.0 Å². The van der Waals surface area contributed by atoms with Gasteiger partial charge in [0.15, 0.2) is 11.6 Å². The average molecular weight is 308 g/mol. The second-order valence-electron chi connectivity index (χ2n) is 3.94. The van der Waals surface area contributed by atoms with Crippen LogP contribution in [0, 0.1) is 11.6 Å². The number of nitrogens with two attached hydrogens (primary N) is 2. The van der Waals surface area contributed by atoms with Gasteiger partial charge in [0.2, 0.25) is 10.0 Å². The molecular formula is C10H14F2N4O3S. The minimum Gasteiger partial charge on any atom is -0.352 e. The maximum absolute atomic E-state index is 13.4. The van der Waals surface area contributed by atoms with Crippen molar-refractivity contribution in [3.63, 3.8) is 0 Å². The summed E-state index contributed by atoms with van der Waals surface area (Å²) in [5.74, 6) is 1.86. The molecule has 0 aromatic heterocycles. The number of rotatable bonds is 6. The van der Waals surface area contributed by atoms with Crippen LogP contribution >= 0.6 is 0 Å². The molecule has 0 saturated carbocycles. The van der Waals surface area contributed by atoms with Crippen LogP contribution in [0.5, 0.6) is 0 Å². The van der Waals surface area contributed by atoms with Crippen molar-refractivity contribution in [3.05, 3.63) is 29.3 Å². The van der Waals surface area contributed by atoms with E-state index in [0.29, 0.717) is 0 Å². The summed E-state index contributed by atoms with van der Waals surface area (Å²) in [5, 5.41) is 7.10. The van der Waals surface area contributed by atoms with Gasteiger partial charge in [-0.05, 0) is 18.6 Å². The van der Waals surface area contributed by atoms with Gasteiger partial charge >= 0.3 is 0 Å². The number of hydrazine groups is 1. The Morgan fingerprint density at radius 2 is 1.80 bits per heavy atom. The van der Waals surface area contributed by atoms with Gasteiger partial charge in [0.1, 0.15) is 5.69 Å². The molecule has 1 amide bonds. The molecule has 0 spiro atoms. The maximum atomic E-state index is 13.4. The third-order valence-corrected chi connectivity index (χ3v) is 3.20. The van der Waals surface area contributed by atoms with E-state index >= 15 is 0 Å². The summed E-state index contributed by atoms with van der Waals surface area (Å²) in [5.41, 5.74) is 1.05. The number of anilines is 1. The van der Waals surface area contributed by atoms with Crippen molar-refractivity contribution in [2.45, 2.75) is 6.42 Å². The quantitative estimate of drug-likeness (QED) is 0.325. The van der Waals surface area contributed by atoms with Gasteiger partial charge in [0.05, 0.1) is 5.75 Å². The molecule has 0 aliphatic rings. The van der Waals surface area contributed by atoms with E-state index in [2.05, 4.69) is 5.32 Å². The number of carbonyl (C=O) groups is 1. The Hall–Kier alpha value is -1.78. The lowest BCUT2D eigenvalue weighted by atomic mass is 10.1. The van der Waals surface area contributed by atoms with Gasteiger partial charge in [-0.25, -0.2) is 22.3 Å². The number of halogens is 2. The van der Waals surface area contributed by atoms with Crippen molar-refractivity contribution >= 4 is 21.6 Å². The van der Waals surface area contributed by atoms with Gasteiger partial charge in [0, 0.05) is 12.1 Å². The van der Waals surface area contributed by atoms with E-state index in [1.165, 1.54) is 0 Å². The summed E-state index contributed by atoms with van der Waals surface area (Å²) in [6.07, 6.45) is 0.0952. The Morgan fingerprint density at radius 3 is 2.25 bits per heavy atom. The highest BCUT2D eigenvalue weighted by Gasteiger charge is 2.14. The smallest absolute Gasteiger partial charge is 0.251 e. The average Bonchev–Trinajstić information content (AvgIpc) is 2.32. The second-order valence-corrected chi connectivity index (χ2v) is 5.67. The molecule has 0 fully saturated rings. The first kappa shape index (κ1) is 16.3. The number of sulfonamides is 1. The Balaban J connectivity index is 2.65. The van der Waals surface area contributed by atoms with Crippen LogP contribution < -0.4 is 21.7 Å². The van der Waals surface area contributed by atoms with E-state index in [-0.39, 0.29) is 24.3 Å². The molecule has 0 unspecified atom stereocenters. The lowest BCUT2D eigenvalue weighted by molar-refractivity contribution is 0.0953. The van der Waals surface area contributed by atoms with Crippen LogP contribution in [0.2, 0.25) is 0 Å². The van der Waals surface area contributed by atoms with Crippen LogP contribution in [0.4, 0.5) is 14.5 Å². The fourth-order valence-corrected chi connectivity index (χ4v) is 1.97. The Morgan fingerprint density at radius 1 is 1.25 bits per heavy atom. The van der Waals surface area contributed by atoms with Crippen LogP contribution in [0.1, 0.15) is 16.8 Å². The molecule has 20 heavy (non-hydrogen) atoms. The van der Waals surface area contributed by atoms with Gasteiger partial charge in [-0.15, -0.1) is 0 Å². The maximum Gasteiger partial charge on any atom is 0.251 e. The van der Waals surface area contributed by atoms with Gasteiger partial charge in [-0.3, -0.25) is 10.6 Å². The van der Waals surface area contributed by atoms with Crippen LogP contribution in [0.25, 0.3) is 0 Å². The van der Waals surface area contributed by atoms with E-state index < -0.39 is 33.3 Å². The molecule has 0 aliphatic carbocycles. The molecule has 10 heteroatoms. The monoisotopic (exact) mass is 308 g/mol. The molecule has 1 aromatic rings. The van der Waals surface area contributed by atoms with Gasteiger partial charge in [-0.1, -0.05) is 0 Å². The predicted molar refractivity (Wildman–Crippen MR) is 69.1 cm³/mol. The molecule has 0 radical (unpaired) electrons. The topological polar surface area (TPSA) is 127 Å². The molecule has 0 aliphatic heterocycles. The summed E-state index contributed by atoms with van der Waals surface area (Å²) in [4.78, 5) is 11.6. The molecule has 112 valence electrons. The highest BCUT2D eigenvalue weighted by molar-refractivity contribution is 7.89. The summed E-state index contributed by atoms with van der Waals surface area (Å²) in [7, 11) is -3.60. The number of benzene rings is 1. The highest BCUT2D eigenvalue weighted by atomic mass is 32.2. The molecule has 0 heterocycles. The van der Waals surface area contributed by atoms with Crippen molar-refractivity contribution in [2.75, 3.05) is 17.7 Å². The van der Waals surface area contributed by atoms with Gasteiger partial charge in [-0.2, -0.15) is 0 Å². The number of amides is 1. The van der Waals surface area contributed by atoms with E-state index in [4.69, 9.17) is 11.0 Å². The second kappa shape index (κ2) is 6.59. The molecule has 1 rings (SSSR count). The number of hydrogen-bond donors (Lipinski definition) is 4. The summed E-state index contributed by atoms with van der Waals surface area (Å²) in [6.45, 7) is 0.00932. The van der Waals surface area contributed by atoms with Crippen LogP contribution in [0.3, 0.4) is 0 Å². The van der Waals surface area contributed by atoms with E-state index in [1.54, 1.807) is 0 Å². The number of hydrogen-bond acceptors (Lipinski definition) is 5. The predicted octanol–water partition coefficient (Wildman–Crippen LogP) is -0.341. The van der Waals surface area contributed by atoms with Crippen LogP contribution in [0.15, 0.2) is 12.1 Å². The van der Waals surface area contributed by atoms with E-state index in [0.717, 1.165) is 12.1 Å². The van der Waals surface area contributed by atoms with Gasteiger partial charge < -0.3 is 10.7 Å². The minimum absolute atomic E-state index is 0.00932. The zero-order valence-electron chi connectivity index (χ0n) is 10.3. The standard InChI is InChI=1S/C10H14F2N4O3S/c11-7-4-6(5-8(12)9(7)16-13)10(17)15-2-1-3-20(14,18)19/h4-5,16H,1-3,13H2,(H,15,17)(H2,14,18,19). The Labute approximate surface area is 114 Å². The zero-order valence-corrected chi connectivity index (χ0v) is 11.1. The number of nitrogens with one attached hydrogen (secondary N) is 2. The van der Waals surface area contributed by atoms with Gasteiger partial charge in [0.25, 0.3) is 5.91 Å². The normalized spacial score (nSPS) is 11.2. The fourth-order valence-electron chi connectivity index (χ4n) is 1.42. The SMILES string of the molecule is NNc1c(F)cc(C(=O)NCCCS(N)(=O)=O)cc1F. The molecule has 0 bridgehead atoms. The van der Waals surface area contributed by atoms with Crippen molar-refractivity contribution in [3.8, 4) is 0 Å². The first-order valence-corrected chi connectivity index (χ1v) is 7.20. The molecule has 0 saturated heterocycles. The van der Waals surface area contributed by atoms with E-state index in [9.17, 15) is 22.0 Å². The molecule has 7 nitrogen and oxygen atoms in total. The Kier molecular flexibility index (Phi) is 5.36. The molecular weight excluding hydrogens is 294 g/mol. The lowest BCUT2D eigenvalue weighted by Crippen LogP contribution is -2.27.